The molecule has 0 fully saturated rings. The number of carbonyl (C=O) groups excluding carboxylic acids is 1. The Morgan fingerprint density at radius 3 is 2.69 bits per heavy atom. The van der Waals surface area contributed by atoms with E-state index in [2.05, 4.69) is 0 Å². The van der Waals surface area contributed by atoms with Crippen LogP contribution in [0.3, 0.4) is 0 Å². The molecule has 84 valence electrons. The molecule has 1 N–H and O–H groups in total. The molecule has 0 amide bonds. The van der Waals surface area contributed by atoms with Gasteiger partial charge in [-0.05, 0) is 12.1 Å². The quantitative estimate of drug-likeness (QED) is 0.276. The molecule has 1 aromatic carbocycles. The first-order valence-electron chi connectivity index (χ1n) is 4.26. The number of ether oxygens (including phenoxy) is 1. The molecule has 0 unspecified atom stereocenters. The van der Waals surface area contributed by atoms with Crippen LogP contribution in [0.15, 0.2) is 24.5 Å². The Kier molecular flexibility index (Phi) is 3.60. The molecule has 1 aromatic rings. The molecule has 0 aliphatic carbocycles. The Morgan fingerprint density at radius 2 is 2.25 bits per heavy atom. The van der Waals surface area contributed by atoms with Crippen molar-refractivity contribution in [1.82, 2.24) is 0 Å². The van der Waals surface area contributed by atoms with Crippen molar-refractivity contribution in [3.8, 4) is 5.75 Å². The van der Waals surface area contributed by atoms with Gasteiger partial charge >= 0.3 is 0 Å². The van der Waals surface area contributed by atoms with Crippen molar-refractivity contribution in [3.05, 3.63) is 40.1 Å². The van der Waals surface area contributed by atoms with Crippen molar-refractivity contribution in [2.75, 3.05) is 7.11 Å². The molecule has 0 atom stereocenters. The highest BCUT2D eigenvalue weighted by atomic mass is 16.6. The number of hydrogen-bond acceptors (Lipinski definition) is 5. The average Bonchev–Trinajstić information content (AvgIpc) is 2.30. The summed E-state index contributed by atoms with van der Waals surface area (Å²) in [5, 5.41) is 19.5. The van der Waals surface area contributed by atoms with E-state index < -0.39 is 4.92 Å². The lowest BCUT2D eigenvalue weighted by Crippen LogP contribution is -1.97. The van der Waals surface area contributed by atoms with Gasteiger partial charge in [0, 0.05) is 6.07 Å². The number of nitro groups is 1. The normalized spacial score (nSPS) is 10.9. The van der Waals surface area contributed by atoms with Crippen LogP contribution in [-0.2, 0) is 4.79 Å². The van der Waals surface area contributed by atoms with Crippen molar-refractivity contribution in [3.63, 3.8) is 0 Å². The van der Waals surface area contributed by atoms with Crippen molar-refractivity contribution in [2.45, 2.75) is 0 Å². The number of nitrogens with zero attached hydrogens (tertiary/aromatic N) is 1. The third-order valence-electron chi connectivity index (χ3n) is 1.98. The van der Waals surface area contributed by atoms with Crippen molar-refractivity contribution < 1.29 is 19.6 Å². The van der Waals surface area contributed by atoms with Gasteiger partial charge in [0.25, 0.3) is 5.69 Å². The topological polar surface area (TPSA) is 89.7 Å². The number of nitro benzene ring substituents is 1. The smallest absolute Gasteiger partial charge is 0.277 e. The van der Waals surface area contributed by atoms with Gasteiger partial charge < -0.3 is 9.84 Å². The first-order chi connectivity index (χ1) is 7.63. The Hall–Kier alpha value is -2.37. The summed E-state index contributed by atoms with van der Waals surface area (Å²) in [7, 11) is 1.40. The van der Waals surface area contributed by atoms with Crippen LogP contribution in [0.25, 0.3) is 5.57 Å². The number of aldehydes is 1. The maximum atomic E-state index is 10.7. The summed E-state index contributed by atoms with van der Waals surface area (Å²) in [5.74, 6) is 0.363. The number of hydrogen-bond donors (Lipinski definition) is 1. The predicted molar refractivity (Wildman–Crippen MR) is 56.3 cm³/mol. The van der Waals surface area contributed by atoms with Gasteiger partial charge in [0.2, 0.25) is 0 Å². The third kappa shape index (κ3) is 2.17. The fourth-order valence-electron chi connectivity index (χ4n) is 1.20. The molecule has 0 spiro atoms. The maximum Gasteiger partial charge on any atom is 0.277 e. The van der Waals surface area contributed by atoms with Crippen LogP contribution in [0.1, 0.15) is 5.56 Å². The van der Waals surface area contributed by atoms with Crippen LogP contribution < -0.4 is 4.74 Å². The lowest BCUT2D eigenvalue weighted by molar-refractivity contribution is -0.385. The first kappa shape index (κ1) is 11.7. The standard InChI is InChI=1S/C10H9NO5/c1-16-8-2-3-10(11(14)15)9(4-8)7(5-12)6-13/h2-6,12H,1H3/b7-5+. The zero-order valence-electron chi connectivity index (χ0n) is 8.41. The van der Waals surface area contributed by atoms with Crippen LogP contribution >= 0.6 is 0 Å². The SMILES string of the molecule is COc1ccc([N+](=O)[O-])c(/C(C=O)=C/O)c1. The van der Waals surface area contributed by atoms with Crippen LogP contribution in [0.2, 0.25) is 0 Å². The third-order valence-corrected chi connectivity index (χ3v) is 1.98. The minimum atomic E-state index is -0.637. The highest BCUT2D eigenvalue weighted by Crippen LogP contribution is 2.28. The fraction of sp³-hybridized carbons (Fsp3) is 0.100. The predicted octanol–water partition coefficient (Wildman–Crippen LogP) is 1.70. The van der Waals surface area contributed by atoms with E-state index >= 15 is 0 Å². The van der Waals surface area contributed by atoms with Gasteiger partial charge in [-0.3, -0.25) is 14.9 Å². The summed E-state index contributed by atoms with van der Waals surface area (Å²) in [6.07, 6.45) is 0.858. The molecule has 16 heavy (non-hydrogen) atoms. The molecular weight excluding hydrogens is 214 g/mol. The van der Waals surface area contributed by atoms with Gasteiger partial charge in [0.1, 0.15) is 5.75 Å². The molecule has 0 saturated carbocycles. The summed E-state index contributed by atoms with van der Waals surface area (Å²) in [6, 6.07) is 3.93. The summed E-state index contributed by atoms with van der Waals surface area (Å²) in [6.45, 7) is 0. The van der Waals surface area contributed by atoms with Gasteiger partial charge in [0.15, 0.2) is 6.29 Å². The van der Waals surface area contributed by atoms with Gasteiger partial charge in [-0.15, -0.1) is 0 Å². The van der Waals surface area contributed by atoms with Crippen LogP contribution in [0.4, 0.5) is 5.69 Å². The molecule has 0 saturated heterocycles. The second kappa shape index (κ2) is 4.92. The number of allylic oxidation sites excluding steroid dienone is 1. The lowest BCUT2D eigenvalue weighted by Gasteiger charge is -2.04. The zero-order chi connectivity index (χ0) is 12.1. The van der Waals surface area contributed by atoms with E-state index in [1.165, 1.54) is 25.3 Å². The fourth-order valence-corrected chi connectivity index (χ4v) is 1.20. The number of aliphatic hydroxyl groups is 1. The highest BCUT2D eigenvalue weighted by Gasteiger charge is 2.17. The average molecular weight is 223 g/mol. The zero-order valence-corrected chi connectivity index (χ0v) is 8.41. The summed E-state index contributed by atoms with van der Waals surface area (Å²) >= 11 is 0. The van der Waals surface area contributed by atoms with Gasteiger partial charge in [-0.1, -0.05) is 0 Å². The minimum absolute atomic E-state index is 0.0156. The Morgan fingerprint density at radius 1 is 1.56 bits per heavy atom. The molecule has 6 heteroatoms. The molecule has 1 rings (SSSR count). The number of aliphatic hydroxyl groups excluding tert-OH is 1. The monoisotopic (exact) mass is 223 g/mol. The molecule has 0 aliphatic rings. The van der Waals surface area contributed by atoms with E-state index in [0.29, 0.717) is 18.3 Å². The van der Waals surface area contributed by atoms with E-state index in [-0.39, 0.29) is 16.8 Å². The summed E-state index contributed by atoms with van der Waals surface area (Å²) in [4.78, 5) is 20.7. The highest BCUT2D eigenvalue weighted by molar-refractivity contribution is 6.08. The number of methoxy groups -OCH3 is 1. The Balaban J connectivity index is 3.42. The molecule has 0 aliphatic heterocycles. The Labute approximate surface area is 90.9 Å². The molecule has 0 aromatic heterocycles. The summed E-state index contributed by atoms with van der Waals surface area (Å²) in [5.41, 5.74) is -0.430. The first-order valence-corrected chi connectivity index (χ1v) is 4.26. The van der Waals surface area contributed by atoms with Crippen LogP contribution in [0.5, 0.6) is 5.75 Å². The van der Waals surface area contributed by atoms with Crippen molar-refractivity contribution in [2.24, 2.45) is 0 Å². The molecule has 6 nitrogen and oxygen atoms in total. The molecule has 0 bridgehead atoms. The van der Waals surface area contributed by atoms with Gasteiger partial charge in [-0.25, -0.2) is 0 Å². The molecule has 0 radical (unpaired) electrons. The van der Waals surface area contributed by atoms with Crippen LogP contribution in [0, 0.1) is 10.1 Å². The van der Waals surface area contributed by atoms with Crippen molar-refractivity contribution in [1.29, 1.82) is 0 Å². The van der Waals surface area contributed by atoms with E-state index in [0.717, 1.165) is 0 Å². The van der Waals surface area contributed by atoms with E-state index in [1.54, 1.807) is 0 Å². The summed E-state index contributed by atoms with van der Waals surface area (Å²) < 4.78 is 4.88. The van der Waals surface area contributed by atoms with E-state index in [9.17, 15) is 14.9 Å². The number of benzene rings is 1. The second-order valence-electron chi connectivity index (χ2n) is 2.84. The minimum Gasteiger partial charge on any atom is -0.515 e. The van der Waals surface area contributed by atoms with E-state index in [4.69, 9.17) is 9.84 Å². The van der Waals surface area contributed by atoms with E-state index in [1.807, 2.05) is 0 Å². The molecular formula is C10H9NO5. The largest absolute Gasteiger partial charge is 0.515 e. The maximum absolute atomic E-state index is 10.7. The Bertz CT molecular complexity index is 453. The number of carbonyl (C=O) groups is 1. The van der Waals surface area contributed by atoms with Gasteiger partial charge in [-0.2, -0.15) is 0 Å². The second-order valence-corrected chi connectivity index (χ2v) is 2.84. The molecule has 0 heterocycles. The van der Waals surface area contributed by atoms with Crippen molar-refractivity contribution >= 4 is 17.5 Å². The van der Waals surface area contributed by atoms with Gasteiger partial charge in [0.05, 0.1) is 29.4 Å². The number of rotatable bonds is 4. The van der Waals surface area contributed by atoms with Crippen LogP contribution in [-0.4, -0.2) is 23.4 Å². The lowest BCUT2D eigenvalue weighted by atomic mass is 10.1.